The molecule has 0 aliphatic rings. The zero-order chi connectivity index (χ0) is 17.4. The van der Waals surface area contributed by atoms with E-state index in [1.165, 1.54) is 12.1 Å². The standard InChI is InChI=1S/C12H8BrNO6S3/c1-21-12-10(5-9(22-12)11(15)16)23(19,20)6-2-3-7(13)8(4-6)14(17)18/h2-5H,1H3,(H,15,16). The Morgan fingerprint density at radius 3 is 2.57 bits per heavy atom. The number of sulfone groups is 1. The molecule has 0 atom stereocenters. The molecule has 0 fully saturated rings. The molecule has 1 aromatic carbocycles. The third kappa shape index (κ3) is 3.42. The Morgan fingerprint density at radius 1 is 1.39 bits per heavy atom. The Hall–Kier alpha value is -1.43. The summed E-state index contributed by atoms with van der Waals surface area (Å²) in [4.78, 5) is 20.8. The summed E-state index contributed by atoms with van der Waals surface area (Å²) in [5.74, 6) is -1.23. The molecular weight excluding hydrogens is 430 g/mol. The van der Waals surface area contributed by atoms with Gasteiger partial charge in [-0.3, -0.25) is 10.1 Å². The van der Waals surface area contributed by atoms with E-state index in [0.717, 1.165) is 35.2 Å². The predicted octanol–water partition coefficient (Wildman–Crippen LogP) is 3.67. The van der Waals surface area contributed by atoms with Crippen LogP contribution in [0.15, 0.2) is 42.7 Å². The maximum Gasteiger partial charge on any atom is 0.345 e. The molecule has 7 nitrogen and oxygen atoms in total. The highest BCUT2D eigenvalue weighted by Gasteiger charge is 2.28. The van der Waals surface area contributed by atoms with Crippen molar-refractivity contribution in [2.75, 3.05) is 6.26 Å². The molecule has 11 heteroatoms. The van der Waals surface area contributed by atoms with Gasteiger partial charge >= 0.3 is 5.97 Å². The van der Waals surface area contributed by atoms with E-state index in [-0.39, 0.29) is 24.8 Å². The van der Waals surface area contributed by atoms with Gasteiger partial charge in [-0.2, -0.15) is 0 Å². The fourth-order valence-corrected chi connectivity index (χ4v) is 5.96. The number of nitro groups is 1. The van der Waals surface area contributed by atoms with E-state index in [1.807, 2.05) is 0 Å². The van der Waals surface area contributed by atoms with Crippen molar-refractivity contribution in [3.8, 4) is 0 Å². The van der Waals surface area contributed by atoms with E-state index in [2.05, 4.69) is 15.9 Å². The van der Waals surface area contributed by atoms with Gasteiger partial charge in [0, 0.05) is 6.07 Å². The van der Waals surface area contributed by atoms with Crippen molar-refractivity contribution in [2.24, 2.45) is 0 Å². The number of halogens is 1. The Labute approximate surface area is 147 Å². The molecule has 0 amide bonds. The average molecular weight is 438 g/mol. The number of rotatable bonds is 5. The van der Waals surface area contributed by atoms with Crippen LogP contribution in [0.1, 0.15) is 9.67 Å². The second kappa shape index (κ2) is 6.59. The van der Waals surface area contributed by atoms with E-state index in [0.29, 0.717) is 4.21 Å². The first-order chi connectivity index (χ1) is 10.7. The van der Waals surface area contributed by atoms with Gasteiger partial charge in [-0.1, -0.05) is 0 Å². The fourth-order valence-electron chi connectivity index (χ4n) is 1.72. The number of aromatic carboxylic acids is 1. The number of hydrogen-bond acceptors (Lipinski definition) is 7. The van der Waals surface area contributed by atoms with Gasteiger partial charge < -0.3 is 5.11 Å². The van der Waals surface area contributed by atoms with Crippen LogP contribution in [0, 0.1) is 10.1 Å². The normalized spacial score (nSPS) is 11.4. The summed E-state index contributed by atoms with van der Waals surface area (Å²) in [5.41, 5.74) is -0.384. The van der Waals surface area contributed by atoms with Gasteiger partial charge in [0.05, 0.1) is 23.4 Å². The van der Waals surface area contributed by atoms with Crippen LogP contribution in [-0.2, 0) is 9.84 Å². The smallest absolute Gasteiger partial charge is 0.345 e. The Morgan fingerprint density at radius 2 is 2.04 bits per heavy atom. The summed E-state index contributed by atoms with van der Waals surface area (Å²) in [7, 11) is -4.07. The van der Waals surface area contributed by atoms with Crippen molar-refractivity contribution in [1.82, 2.24) is 0 Å². The lowest BCUT2D eigenvalue weighted by molar-refractivity contribution is -0.385. The summed E-state index contributed by atoms with van der Waals surface area (Å²) in [6.07, 6.45) is 1.63. The van der Waals surface area contributed by atoms with Gasteiger partial charge in [0.1, 0.15) is 4.88 Å². The molecule has 0 bridgehead atoms. The number of nitro benzene ring substituents is 1. The zero-order valence-electron chi connectivity index (χ0n) is 11.3. The number of nitrogens with zero attached hydrogens (tertiary/aromatic N) is 1. The van der Waals surface area contributed by atoms with Gasteiger partial charge in [0.25, 0.3) is 5.69 Å². The van der Waals surface area contributed by atoms with Gasteiger partial charge in [-0.05, 0) is 40.4 Å². The highest BCUT2D eigenvalue weighted by molar-refractivity contribution is 9.10. The number of benzene rings is 1. The number of thiophene rings is 1. The van der Waals surface area contributed by atoms with E-state index >= 15 is 0 Å². The van der Waals surface area contributed by atoms with Crippen LogP contribution < -0.4 is 0 Å². The lowest BCUT2D eigenvalue weighted by Crippen LogP contribution is -2.03. The number of carboxylic acids is 1. The van der Waals surface area contributed by atoms with Crippen molar-refractivity contribution in [1.29, 1.82) is 0 Å². The third-order valence-corrected chi connectivity index (χ3v) is 7.74. The van der Waals surface area contributed by atoms with Crippen LogP contribution in [0.4, 0.5) is 5.69 Å². The molecular formula is C12H8BrNO6S3. The van der Waals surface area contributed by atoms with E-state index in [4.69, 9.17) is 5.11 Å². The van der Waals surface area contributed by atoms with E-state index in [9.17, 15) is 23.3 Å². The van der Waals surface area contributed by atoms with Crippen molar-refractivity contribution >= 4 is 60.5 Å². The minimum Gasteiger partial charge on any atom is -0.477 e. The summed E-state index contributed by atoms with van der Waals surface area (Å²) < 4.78 is 25.9. The van der Waals surface area contributed by atoms with Crippen LogP contribution in [0.3, 0.4) is 0 Å². The minimum absolute atomic E-state index is 0.112. The minimum atomic E-state index is -4.07. The molecule has 0 unspecified atom stereocenters. The molecule has 0 saturated carbocycles. The van der Waals surface area contributed by atoms with Crippen LogP contribution in [0.2, 0.25) is 0 Å². The average Bonchev–Trinajstić information content (AvgIpc) is 2.92. The van der Waals surface area contributed by atoms with Crippen LogP contribution in [0.5, 0.6) is 0 Å². The molecule has 0 aliphatic carbocycles. The lowest BCUT2D eigenvalue weighted by atomic mass is 10.3. The van der Waals surface area contributed by atoms with Crippen molar-refractivity contribution < 1.29 is 23.2 Å². The molecule has 2 aromatic rings. The molecule has 1 heterocycles. The Balaban J connectivity index is 2.66. The summed E-state index contributed by atoms with van der Waals surface area (Å²) in [6.45, 7) is 0. The largest absolute Gasteiger partial charge is 0.477 e. The topological polar surface area (TPSA) is 115 Å². The highest BCUT2D eigenvalue weighted by Crippen LogP contribution is 2.38. The van der Waals surface area contributed by atoms with Gasteiger partial charge in [0.15, 0.2) is 0 Å². The molecule has 1 N–H and O–H groups in total. The summed E-state index contributed by atoms with van der Waals surface area (Å²) in [5, 5.41) is 20.0. The maximum absolute atomic E-state index is 12.7. The van der Waals surface area contributed by atoms with Crippen LogP contribution >= 0.6 is 39.0 Å². The maximum atomic E-state index is 12.7. The number of carbonyl (C=O) groups is 1. The van der Waals surface area contributed by atoms with Gasteiger partial charge in [-0.15, -0.1) is 23.1 Å². The van der Waals surface area contributed by atoms with Crippen molar-refractivity contribution in [3.63, 3.8) is 0 Å². The summed E-state index contributed by atoms with van der Waals surface area (Å²) >= 11 is 4.93. The molecule has 0 radical (unpaired) electrons. The monoisotopic (exact) mass is 437 g/mol. The number of carboxylic acid groups (broad SMARTS) is 1. The predicted molar refractivity (Wildman–Crippen MR) is 89.3 cm³/mol. The van der Waals surface area contributed by atoms with Crippen molar-refractivity contribution in [2.45, 2.75) is 14.0 Å². The molecule has 23 heavy (non-hydrogen) atoms. The lowest BCUT2D eigenvalue weighted by Gasteiger charge is -2.05. The molecule has 0 saturated heterocycles. The first-order valence-corrected chi connectivity index (χ1v) is 10.1. The SMILES string of the molecule is CSc1sc(C(=O)O)cc1S(=O)(=O)c1ccc(Br)c([N+](=O)[O-])c1. The molecule has 0 spiro atoms. The van der Waals surface area contributed by atoms with Gasteiger partial charge in [-0.25, -0.2) is 13.2 Å². The Kier molecular flexibility index (Phi) is 5.14. The summed E-state index contributed by atoms with van der Waals surface area (Å²) in [6, 6.07) is 4.52. The second-order valence-corrected chi connectivity index (χ2v) is 9.04. The third-order valence-electron chi connectivity index (χ3n) is 2.78. The zero-order valence-corrected chi connectivity index (χ0v) is 15.4. The highest BCUT2D eigenvalue weighted by atomic mass is 79.9. The quantitative estimate of drug-likeness (QED) is 0.430. The molecule has 2 rings (SSSR count). The molecule has 122 valence electrons. The molecule has 0 aliphatic heterocycles. The van der Waals surface area contributed by atoms with E-state index in [1.54, 1.807) is 6.26 Å². The fraction of sp³-hybridized carbons (Fsp3) is 0.0833. The first-order valence-electron chi connectivity index (χ1n) is 5.78. The number of hydrogen-bond donors (Lipinski definition) is 1. The van der Waals surface area contributed by atoms with E-state index < -0.39 is 20.7 Å². The first kappa shape index (κ1) is 17.9. The van der Waals surface area contributed by atoms with Crippen LogP contribution in [0.25, 0.3) is 0 Å². The Bertz CT molecular complexity index is 906. The molecule has 1 aromatic heterocycles. The van der Waals surface area contributed by atoms with Gasteiger partial charge in [0.2, 0.25) is 9.84 Å². The van der Waals surface area contributed by atoms with Crippen molar-refractivity contribution in [3.05, 3.63) is 43.7 Å². The number of thioether (sulfide) groups is 1. The van der Waals surface area contributed by atoms with Crippen LogP contribution in [-0.4, -0.2) is 30.7 Å². The second-order valence-electron chi connectivity index (χ2n) is 4.15.